The Labute approximate surface area is 89.3 Å². The summed E-state index contributed by atoms with van der Waals surface area (Å²) in [6, 6.07) is 3.53. The minimum absolute atomic E-state index is 0.0657. The van der Waals surface area contributed by atoms with Crippen LogP contribution in [-0.4, -0.2) is 6.72 Å². The van der Waals surface area contributed by atoms with Crippen molar-refractivity contribution in [2.45, 2.75) is 12.8 Å². The molecule has 82 valence electrons. The van der Waals surface area contributed by atoms with Gasteiger partial charge in [0.2, 0.25) is 0 Å². The minimum atomic E-state index is -4.46. The number of hydrogen-bond donors (Lipinski definition) is 0. The maximum Gasteiger partial charge on any atom is 0.417 e. The molecule has 0 atom stereocenters. The van der Waals surface area contributed by atoms with Gasteiger partial charge in [0.25, 0.3) is 0 Å². The fourth-order valence-electron chi connectivity index (χ4n) is 1.000. The maximum absolute atomic E-state index is 12.4. The number of hydrogen-bond acceptors (Lipinski definition) is 2. The minimum Gasteiger partial charge on any atom is -0.391 e. The van der Waals surface area contributed by atoms with Crippen LogP contribution in [0.3, 0.4) is 0 Å². The van der Waals surface area contributed by atoms with Crippen LogP contribution >= 0.6 is 11.6 Å². The Bertz CT molecular complexity index is 365. The van der Waals surface area contributed by atoms with E-state index in [-0.39, 0.29) is 11.6 Å². The Hall–Kier alpha value is -1.23. The summed E-state index contributed by atoms with van der Waals surface area (Å²) in [7, 11) is 0. The second kappa shape index (κ2) is 4.53. The highest BCUT2D eigenvalue weighted by Gasteiger charge is 2.33. The van der Waals surface area contributed by atoms with Gasteiger partial charge in [-0.2, -0.15) is 13.2 Å². The highest BCUT2D eigenvalue weighted by molar-refractivity contribution is 6.31. The molecule has 0 saturated carbocycles. The van der Waals surface area contributed by atoms with Crippen molar-refractivity contribution >= 4 is 18.3 Å². The van der Waals surface area contributed by atoms with Gasteiger partial charge in [0.15, 0.2) is 0 Å². The second-order valence-corrected chi connectivity index (χ2v) is 3.12. The summed E-state index contributed by atoms with van der Waals surface area (Å²) in [5.41, 5.74) is -0.548. The molecule has 0 aliphatic rings. The van der Waals surface area contributed by atoms with E-state index in [1.165, 1.54) is 12.1 Å². The topological polar surface area (TPSA) is 21.6 Å². The summed E-state index contributed by atoms with van der Waals surface area (Å²) in [5, 5.41) is 2.75. The van der Waals surface area contributed by atoms with E-state index in [2.05, 4.69) is 16.7 Å². The van der Waals surface area contributed by atoms with Crippen LogP contribution in [0.1, 0.15) is 11.1 Å². The van der Waals surface area contributed by atoms with E-state index in [0.29, 0.717) is 5.56 Å². The van der Waals surface area contributed by atoms with Gasteiger partial charge in [-0.3, -0.25) is 0 Å². The molecule has 0 saturated heterocycles. The molecule has 0 radical (unpaired) electrons. The van der Waals surface area contributed by atoms with E-state index in [9.17, 15) is 13.2 Å². The van der Waals surface area contributed by atoms with Crippen LogP contribution in [0, 0.1) is 0 Å². The first-order valence-corrected chi connectivity index (χ1v) is 4.26. The third-order valence-electron chi connectivity index (χ3n) is 1.66. The number of alkyl halides is 3. The lowest BCUT2D eigenvalue weighted by molar-refractivity contribution is -0.137. The molecule has 0 amide bonds. The van der Waals surface area contributed by atoms with E-state index in [1.54, 1.807) is 0 Å². The summed E-state index contributed by atoms with van der Waals surface area (Å²) < 4.78 is 37.2. The van der Waals surface area contributed by atoms with Crippen molar-refractivity contribution in [3.8, 4) is 0 Å². The monoisotopic (exact) mass is 237 g/mol. The fourth-order valence-corrected chi connectivity index (χ4v) is 1.22. The molecule has 6 heteroatoms. The quantitative estimate of drug-likeness (QED) is 0.583. The third kappa shape index (κ3) is 3.13. The molecule has 0 fully saturated rings. The van der Waals surface area contributed by atoms with Crippen LogP contribution in [0.2, 0.25) is 5.02 Å². The van der Waals surface area contributed by atoms with Crippen LogP contribution in [-0.2, 0) is 17.6 Å². The lowest BCUT2D eigenvalue weighted by atomic mass is 10.1. The number of halogens is 4. The van der Waals surface area contributed by atoms with E-state index in [0.717, 1.165) is 6.07 Å². The maximum atomic E-state index is 12.4. The zero-order chi connectivity index (χ0) is 11.5. The molecule has 0 N–H and O–H groups in total. The van der Waals surface area contributed by atoms with Gasteiger partial charge in [-0.15, -0.1) is 5.16 Å². The van der Waals surface area contributed by atoms with E-state index in [4.69, 9.17) is 11.6 Å². The summed E-state index contributed by atoms with van der Waals surface area (Å²) in [4.78, 5) is 4.53. The van der Waals surface area contributed by atoms with Crippen LogP contribution in [0.5, 0.6) is 0 Å². The van der Waals surface area contributed by atoms with Gasteiger partial charge in [-0.1, -0.05) is 17.7 Å². The molecule has 15 heavy (non-hydrogen) atoms. The number of rotatable bonds is 3. The summed E-state index contributed by atoms with van der Waals surface area (Å²) >= 11 is 5.42. The molecule has 0 aliphatic heterocycles. The summed E-state index contributed by atoms with van der Waals surface area (Å²) in [5.74, 6) is 0. The van der Waals surface area contributed by atoms with E-state index >= 15 is 0 Å². The highest BCUT2D eigenvalue weighted by Crippen LogP contribution is 2.35. The van der Waals surface area contributed by atoms with Crippen LogP contribution in [0.15, 0.2) is 23.4 Å². The molecular weight excluding hydrogens is 231 g/mol. The molecule has 1 aromatic rings. The molecule has 1 aromatic carbocycles. The number of nitrogens with zero attached hydrogens (tertiary/aromatic N) is 1. The Morgan fingerprint density at radius 1 is 1.40 bits per heavy atom. The second-order valence-electron chi connectivity index (χ2n) is 2.71. The third-order valence-corrected chi connectivity index (χ3v) is 1.99. The Morgan fingerprint density at radius 2 is 2.07 bits per heavy atom. The molecule has 0 heterocycles. The highest BCUT2D eigenvalue weighted by atomic mass is 35.5. The smallest absolute Gasteiger partial charge is 0.391 e. The number of oxime groups is 1. The average molecular weight is 238 g/mol. The predicted molar refractivity (Wildman–Crippen MR) is 50.8 cm³/mol. The van der Waals surface area contributed by atoms with Crippen molar-refractivity contribution < 1.29 is 18.0 Å². The largest absolute Gasteiger partial charge is 0.417 e. The first kappa shape index (κ1) is 11.8. The van der Waals surface area contributed by atoms with Gasteiger partial charge in [-0.25, -0.2) is 0 Å². The SMILES string of the molecule is C=NOCc1ccc(Cl)c(C(F)(F)F)c1. The molecule has 2 nitrogen and oxygen atoms in total. The molecule has 0 aliphatic carbocycles. The zero-order valence-corrected chi connectivity index (χ0v) is 8.27. The van der Waals surface area contributed by atoms with Crippen molar-refractivity contribution in [2.75, 3.05) is 0 Å². The normalized spacial score (nSPS) is 11.2. The van der Waals surface area contributed by atoms with Gasteiger partial charge in [-0.05, 0) is 17.7 Å². The van der Waals surface area contributed by atoms with Crippen molar-refractivity contribution in [2.24, 2.45) is 5.16 Å². The number of benzene rings is 1. The lowest BCUT2D eigenvalue weighted by Gasteiger charge is -2.10. The van der Waals surface area contributed by atoms with Crippen LogP contribution < -0.4 is 0 Å². The van der Waals surface area contributed by atoms with Gasteiger partial charge >= 0.3 is 6.18 Å². The molecule has 0 aromatic heterocycles. The zero-order valence-electron chi connectivity index (χ0n) is 7.51. The van der Waals surface area contributed by atoms with Crippen molar-refractivity contribution in [3.63, 3.8) is 0 Å². The van der Waals surface area contributed by atoms with Gasteiger partial charge in [0.1, 0.15) is 6.61 Å². The summed E-state index contributed by atoms with van der Waals surface area (Å²) in [6.07, 6.45) is -4.46. The van der Waals surface area contributed by atoms with E-state index < -0.39 is 11.7 Å². The molecular formula is C9H7ClF3NO. The van der Waals surface area contributed by atoms with E-state index in [1.807, 2.05) is 0 Å². The molecule has 0 bridgehead atoms. The lowest BCUT2D eigenvalue weighted by Crippen LogP contribution is -2.06. The van der Waals surface area contributed by atoms with Gasteiger partial charge in [0.05, 0.1) is 10.6 Å². The Kier molecular flexibility index (Phi) is 3.57. The standard InChI is InChI=1S/C9H7ClF3NO/c1-14-15-5-6-2-3-8(10)7(4-6)9(11,12)13/h2-4H,1,5H2. The van der Waals surface area contributed by atoms with Gasteiger partial charge < -0.3 is 4.84 Å². The Morgan fingerprint density at radius 3 is 2.60 bits per heavy atom. The summed E-state index contributed by atoms with van der Waals surface area (Å²) in [6.45, 7) is 2.98. The molecule has 0 spiro atoms. The fraction of sp³-hybridized carbons (Fsp3) is 0.222. The van der Waals surface area contributed by atoms with Crippen LogP contribution in [0.25, 0.3) is 0 Å². The predicted octanol–water partition coefficient (Wildman–Crippen LogP) is 3.49. The van der Waals surface area contributed by atoms with Crippen LogP contribution in [0.4, 0.5) is 13.2 Å². The Balaban J connectivity index is 3.00. The van der Waals surface area contributed by atoms with Gasteiger partial charge in [0, 0.05) is 6.72 Å². The van der Waals surface area contributed by atoms with Crippen molar-refractivity contribution in [1.82, 2.24) is 0 Å². The molecule has 0 unspecified atom stereocenters. The van der Waals surface area contributed by atoms with Crippen molar-refractivity contribution in [3.05, 3.63) is 34.3 Å². The average Bonchev–Trinajstić information content (AvgIpc) is 2.15. The first-order valence-electron chi connectivity index (χ1n) is 3.88. The first-order chi connectivity index (χ1) is 6.95. The molecule has 1 rings (SSSR count). The van der Waals surface area contributed by atoms with Crippen molar-refractivity contribution in [1.29, 1.82) is 0 Å².